The molecule has 0 N–H and O–H groups in total. The first kappa shape index (κ1) is 8.77. The smallest absolute Gasteiger partial charge is 0.244 e. The Bertz CT molecular complexity index is 372. The van der Waals surface area contributed by atoms with Gasteiger partial charge in [0, 0.05) is 11.8 Å². The van der Waals surface area contributed by atoms with Crippen LogP contribution in [-0.4, -0.2) is 17.6 Å². The summed E-state index contributed by atoms with van der Waals surface area (Å²) >= 11 is 2.92. The van der Waals surface area contributed by atoms with Crippen LogP contribution < -0.4 is 4.90 Å². The van der Waals surface area contributed by atoms with E-state index in [2.05, 4.69) is 0 Å². The molecular weight excluding hydrogens is 206 g/mol. The molecule has 0 aliphatic carbocycles. The van der Waals surface area contributed by atoms with Gasteiger partial charge in [-0.05, 0) is 11.4 Å². The first-order valence-corrected chi connectivity index (χ1v) is 5.60. The Morgan fingerprint density at radius 3 is 3.08 bits per heavy atom. The van der Waals surface area contributed by atoms with Gasteiger partial charge in [0.25, 0.3) is 0 Å². The molecule has 0 fully saturated rings. The molecule has 0 unspecified atom stereocenters. The molecule has 3 nitrogen and oxygen atoms in total. The summed E-state index contributed by atoms with van der Waals surface area (Å²) in [6, 6.07) is 1.94. The Kier molecular flexibility index (Phi) is 2.13. The van der Waals surface area contributed by atoms with Gasteiger partial charge in [-0.25, -0.2) is 4.90 Å². The number of hydrogen-bond acceptors (Lipinski definition) is 4. The van der Waals surface area contributed by atoms with Crippen molar-refractivity contribution in [2.24, 2.45) is 0 Å². The summed E-state index contributed by atoms with van der Waals surface area (Å²) in [6.07, 6.45) is 0. The number of carbonyl (C=O) groups is 2. The van der Waals surface area contributed by atoms with Gasteiger partial charge in [0.1, 0.15) is 5.00 Å². The monoisotopic (exact) mass is 213 g/mol. The van der Waals surface area contributed by atoms with Crippen LogP contribution >= 0.6 is 23.1 Å². The fourth-order valence-electron chi connectivity index (χ4n) is 1.20. The first-order chi connectivity index (χ1) is 6.20. The number of hydrogen-bond donors (Lipinski definition) is 0. The lowest BCUT2D eigenvalue weighted by molar-refractivity contribution is -0.124. The maximum absolute atomic E-state index is 11.4. The number of nitrogens with zero attached hydrogens (tertiary/aromatic N) is 1. The van der Waals surface area contributed by atoms with Crippen molar-refractivity contribution >= 4 is 39.9 Å². The SMILES string of the molecule is CC(=O)N1C(=O)CSc2ccsc21. The van der Waals surface area contributed by atoms with Crippen molar-refractivity contribution in [2.45, 2.75) is 11.8 Å². The highest BCUT2D eigenvalue weighted by Gasteiger charge is 2.28. The summed E-state index contributed by atoms with van der Waals surface area (Å²) in [5.41, 5.74) is 0. The van der Waals surface area contributed by atoms with E-state index in [0.29, 0.717) is 5.75 Å². The number of carbonyl (C=O) groups excluding carboxylic acids is 2. The summed E-state index contributed by atoms with van der Waals surface area (Å²) in [6.45, 7) is 1.41. The number of imide groups is 1. The zero-order chi connectivity index (χ0) is 9.42. The second kappa shape index (κ2) is 3.16. The molecule has 0 atom stereocenters. The molecule has 5 heteroatoms. The van der Waals surface area contributed by atoms with E-state index in [1.165, 1.54) is 34.9 Å². The molecule has 1 aromatic heterocycles. The third kappa shape index (κ3) is 1.38. The highest BCUT2D eigenvalue weighted by Crippen LogP contribution is 2.39. The Labute approximate surface area is 83.7 Å². The van der Waals surface area contributed by atoms with Crippen LogP contribution in [0.3, 0.4) is 0 Å². The number of amides is 2. The molecule has 68 valence electrons. The van der Waals surface area contributed by atoms with Crippen molar-refractivity contribution in [3.8, 4) is 0 Å². The molecular formula is C8H7NO2S2. The molecule has 0 radical (unpaired) electrons. The van der Waals surface area contributed by atoms with Crippen molar-refractivity contribution in [2.75, 3.05) is 10.7 Å². The van der Waals surface area contributed by atoms with E-state index >= 15 is 0 Å². The number of anilines is 1. The largest absolute Gasteiger partial charge is 0.274 e. The van der Waals surface area contributed by atoms with Gasteiger partial charge in [0.15, 0.2) is 0 Å². The van der Waals surface area contributed by atoms with Crippen molar-refractivity contribution in [1.82, 2.24) is 0 Å². The van der Waals surface area contributed by atoms with Gasteiger partial charge in [-0.1, -0.05) is 0 Å². The zero-order valence-corrected chi connectivity index (χ0v) is 8.58. The molecule has 1 aromatic rings. The summed E-state index contributed by atoms with van der Waals surface area (Å²) in [4.78, 5) is 24.8. The van der Waals surface area contributed by atoms with E-state index in [1.807, 2.05) is 11.4 Å². The third-order valence-corrected chi connectivity index (χ3v) is 3.79. The Morgan fingerprint density at radius 2 is 2.38 bits per heavy atom. The minimum absolute atomic E-state index is 0.118. The van der Waals surface area contributed by atoms with Crippen LogP contribution in [0.1, 0.15) is 6.92 Å². The second-order valence-electron chi connectivity index (χ2n) is 2.63. The molecule has 0 spiro atoms. The number of thiophene rings is 1. The number of thioether (sulfide) groups is 1. The topological polar surface area (TPSA) is 37.4 Å². The van der Waals surface area contributed by atoms with Crippen LogP contribution in [0.5, 0.6) is 0 Å². The summed E-state index contributed by atoms with van der Waals surface area (Å²) in [5.74, 6) is 0.0463. The molecule has 2 rings (SSSR count). The maximum atomic E-state index is 11.4. The molecule has 1 aliphatic rings. The molecule has 0 saturated carbocycles. The molecule has 0 saturated heterocycles. The van der Waals surface area contributed by atoms with Gasteiger partial charge in [0.2, 0.25) is 11.8 Å². The Balaban J connectivity index is 2.47. The van der Waals surface area contributed by atoms with E-state index in [9.17, 15) is 9.59 Å². The fourth-order valence-corrected chi connectivity index (χ4v) is 3.25. The van der Waals surface area contributed by atoms with Crippen LogP contribution in [0, 0.1) is 0 Å². The number of rotatable bonds is 0. The Morgan fingerprint density at radius 1 is 1.62 bits per heavy atom. The molecule has 0 bridgehead atoms. The second-order valence-corrected chi connectivity index (χ2v) is 4.54. The van der Waals surface area contributed by atoms with Crippen LogP contribution in [0.15, 0.2) is 16.3 Å². The molecule has 13 heavy (non-hydrogen) atoms. The molecule has 0 aromatic carbocycles. The highest BCUT2D eigenvalue weighted by atomic mass is 32.2. The predicted molar refractivity (Wildman–Crippen MR) is 53.2 cm³/mol. The van der Waals surface area contributed by atoms with Gasteiger partial charge in [-0.2, -0.15) is 0 Å². The molecule has 2 amide bonds. The third-order valence-electron chi connectivity index (χ3n) is 1.73. The molecule has 2 heterocycles. The van der Waals surface area contributed by atoms with Gasteiger partial charge in [0.05, 0.1) is 5.75 Å². The lowest BCUT2D eigenvalue weighted by Crippen LogP contribution is -2.38. The predicted octanol–water partition coefficient (Wildman–Crippen LogP) is 1.73. The molecule has 1 aliphatic heterocycles. The normalized spacial score (nSPS) is 15.8. The van der Waals surface area contributed by atoms with E-state index in [-0.39, 0.29) is 11.8 Å². The lowest BCUT2D eigenvalue weighted by Gasteiger charge is -2.22. The minimum Gasteiger partial charge on any atom is -0.274 e. The first-order valence-electron chi connectivity index (χ1n) is 3.74. The van der Waals surface area contributed by atoms with Gasteiger partial charge in [-0.15, -0.1) is 23.1 Å². The fraction of sp³-hybridized carbons (Fsp3) is 0.250. The van der Waals surface area contributed by atoms with E-state index < -0.39 is 0 Å². The average Bonchev–Trinajstić information content (AvgIpc) is 2.50. The van der Waals surface area contributed by atoms with Crippen molar-refractivity contribution in [3.63, 3.8) is 0 Å². The zero-order valence-electron chi connectivity index (χ0n) is 6.94. The van der Waals surface area contributed by atoms with E-state index in [4.69, 9.17) is 0 Å². The van der Waals surface area contributed by atoms with Crippen LogP contribution in [0.4, 0.5) is 5.00 Å². The van der Waals surface area contributed by atoms with Crippen LogP contribution in [0.2, 0.25) is 0 Å². The van der Waals surface area contributed by atoms with E-state index in [0.717, 1.165) is 9.90 Å². The van der Waals surface area contributed by atoms with Gasteiger partial charge < -0.3 is 0 Å². The van der Waals surface area contributed by atoms with Crippen molar-refractivity contribution in [3.05, 3.63) is 11.4 Å². The summed E-state index contributed by atoms with van der Waals surface area (Å²) < 4.78 is 0. The average molecular weight is 213 g/mol. The van der Waals surface area contributed by atoms with Gasteiger partial charge >= 0.3 is 0 Å². The van der Waals surface area contributed by atoms with Crippen molar-refractivity contribution in [1.29, 1.82) is 0 Å². The highest BCUT2D eigenvalue weighted by molar-refractivity contribution is 8.00. The van der Waals surface area contributed by atoms with Crippen LogP contribution in [0.25, 0.3) is 0 Å². The summed E-state index contributed by atoms with van der Waals surface area (Å²) in [7, 11) is 0. The lowest BCUT2D eigenvalue weighted by atomic mass is 10.4. The van der Waals surface area contributed by atoms with E-state index in [1.54, 1.807) is 0 Å². The maximum Gasteiger partial charge on any atom is 0.244 e. The van der Waals surface area contributed by atoms with Crippen LogP contribution in [-0.2, 0) is 9.59 Å². The van der Waals surface area contributed by atoms with Gasteiger partial charge in [-0.3, -0.25) is 9.59 Å². The number of fused-ring (bicyclic) bond motifs is 1. The summed E-state index contributed by atoms with van der Waals surface area (Å²) in [5, 5.41) is 2.67. The Hall–Kier alpha value is -0.810. The minimum atomic E-state index is -0.200. The van der Waals surface area contributed by atoms with Crippen molar-refractivity contribution < 1.29 is 9.59 Å². The quantitative estimate of drug-likeness (QED) is 0.658. The standard InChI is InChI=1S/C8H7NO2S2/c1-5(10)9-7(11)4-13-6-2-3-12-8(6)9/h2-3H,4H2,1H3.